The topological polar surface area (TPSA) is 84.6 Å². The molecule has 0 saturated carbocycles. The molecule has 1 fully saturated rings. The monoisotopic (exact) mass is 258 g/mol. The normalized spacial score (nSPS) is 23.6. The Labute approximate surface area is 102 Å². The molecule has 0 amide bonds. The highest BCUT2D eigenvalue weighted by molar-refractivity contribution is 6.30. The number of benzene rings is 1. The zero-order valence-electron chi connectivity index (χ0n) is 8.80. The van der Waals surface area contributed by atoms with Crippen molar-refractivity contribution >= 4 is 17.3 Å². The first-order valence-corrected chi connectivity index (χ1v) is 5.45. The third-order valence-corrected chi connectivity index (χ3v) is 2.76. The molecular formula is C10H11ClN2O4. The second-order valence-electron chi connectivity index (χ2n) is 3.75. The summed E-state index contributed by atoms with van der Waals surface area (Å²) >= 11 is 5.76. The number of β-amino-alcohol motifs (C(OH)–C–C–N with tert-alkyl or cyclic N) is 1. The van der Waals surface area contributed by atoms with Crippen LogP contribution in [0.5, 0.6) is 5.75 Å². The van der Waals surface area contributed by atoms with Crippen LogP contribution in [0.3, 0.4) is 0 Å². The molecule has 1 aromatic rings. The average Bonchev–Trinajstić information content (AvgIpc) is 2.64. The number of halogens is 1. The first-order valence-electron chi connectivity index (χ1n) is 5.07. The maximum Gasteiger partial charge on any atom is 0.311 e. The molecule has 1 saturated heterocycles. The van der Waals surface area contributed by atoms with Crippen LogP contribution in [0.2, 0.25) is 5.02 Å². The molecule has 0 bridgehead atoms. The molecule has 7 heteroatoms. The molecule has 1 aromatic carbocycles. The number of nitro groups is 1. The molecule has 17 heavy (non-hydrogen) atoms. The van der Waals surface area contributed by atoms with Gasteiger partial charge in [0.1, 0.15) is 12.2 Å². The fourth-order valence-corrected chi connectivity index (χ4v) is 1.82. The molecule has 0 aliphatic carbocycles. The molecule has 2 atom stereocenters. The lowest BCUT2D eigenvalue weighted by Crippen LogP contribution is -2.30. The van der Waals surface area contributed by atoms with E-state index in [0.29, 0.717) is 18.1 Å². The minimum atomic E-state index is -0.673. The number of aliphatic hydroxyl groups excluding tert-OH is 1. The zero-order valence-corrected chi connectivity index (χ0v) is 9.55. The van der Waals surface area contributed by atoms with Crippen molar-refractivity contribution in [3.8, 4) is 5.75 Å². The summed E-state index contributed by atoms with van der Waals surface area (Å²) in [7, 11) is 0. The van der Waals surface area contributed by atoms with E-state index in [1.165, 1.54) is 18.2 Å². The summed E-state index contributed by atoms with van der Waals surface area (Å²) < 4.78 is 5.42. The van der Waals surface area contributed by atoms with Gasteiger partial charge in [0.2, 0.25) is 0 Å². The number of hydrogen-bond donors (Lipinski definition) is 2. The van der Waals surface area contributed by atoms with E-state index in [4.69, 9.17) is 16.3 Å². The Hall–Kier alpha value is -1.37. The van der Waals surface area contributed by atoms with Gasteiger partial charge in [-0.15, -0.1) is 0 Å². The second kappa shape index (κ2) is 4.87. The van der Waals surface area contributed by atoms with Crippen LogP contribution < -0.4 is 10.1 Å². The Bertz CT molecular complexity index is 440. The van der Waals surface area contributed by atoms with Crippen molar-refractivity contribution in [3.05, 3.63) is 33.3 Å². The molecule has 2 N–H and O–H groups in total. The first kappa shape index (κ1) is 12.1. The van der Waals surface area contributed by atoms with Gasteiger partial charge in [-0.2, -0.15) is 0 Å². The summed E-state index contributed by atoms with van der Waals surface area (Å²) in [6.45, 7) is 0.865. The molecule has 2 unspecified atom stereocenters. The van der Waals surface area contributed by atoms with E-state index in [9.17, 15) is 15.2 Å². The van der Waals surface area contributed by atoms with Crippen molar-refractivity contribution in [2.75, 3.05) is 13.1 Å². The lowest BCUT2D eigenvalue weighted by Gasteiger charge is -2.16. The van der Waals surface area contributed by atoms with E-state index in [1.54, 1.807) is 0 Å². The smallest absolute Gasteiger partial charge is 0.311 e. The van der Waals surface area contributed by atoms with Crippen molar-refractivity contribution in [3.63, 3.8) is 0 Å². The van der Waals surface area contributed by atoms with E-state index in [1.807, 2.05) is 0 Å². The van der Waals surface area contributed by atoms with Gasteiger partial charge in [0.15, 0.2) is 5.75 Å². The van der Waals surface area contributed by atoms with Crippen molar-refractivity contribution in [1.29, 1.82) is 0 Å². The SMILES string of the molecule is O=[N+]([O-])c1ccc(Cl)cc1OC1CNCC1O. The average molecular weight is 259 g/mol. The first-order chi connectivity index (χ1) is 8.08. The summed E-state index contributed by atoms with van der Waals surface area (Å²) in [5.41, 5.74) is -0.159. The maximum absolute atomic E-state index is 10.8. The Morgan fingerprint density at radius 1 is 1.53 bits per heavy atom. The van der Waals surface area contributed by atoms with Crippen LogP contribution in [0.1, 0.15) is 0 Å². The standard InChI is InChI=1S/C10H11ClN2O4/c11-6-1-2-7(13(15)16)9(3-6)17-10-5-12-4-8(10)14/h1-3,8,10,12,14H,4-5H2. The Balaban J connectivity index is 2.24. The van der Waals surface area contributed by atoms with E-state index in [-0.39, 0.29) is 11.4 Å². The number of aliphatic hydroxyl groups is 1. The maximum atomic E-state index is 10.8. The number of ether oxygens (including phenoxy) is 1. The van der Waals surface area contributed by atoms with Crippen LogP contribution in [-0.2, 0) is 0 Å². The minimum Gasteiger partial charge on any atom is -0.479 e. The molecule has 0 aromatic heterocycles. The number of nitro benzene ring substituents is 1. The molecule has 2 rings (SSSR count). The van der Waals surface area contributed by atoms with Crippen LogP contribution in [0, 0.1) is 10.1 Å². The number of nitrogens with zero attached hydrogens (tertiary/aromatic N) is 1. The Kier molecular flexibility index (Phi) is 3.46. The number of nitrogens with one attached hydrogen (secondary N) is 1. The Morgan fingerprint density at radius 2 is 2.29 bits per heavy atom. The van der Waals surface area contributed by atoms with Crippen LogP contribution in [0.25, 0.3) is 0 Å². The van der Waals surface area contributed by atoms with E-state index in [0.717, 1.165) is 0 Å². The summed E-state index contributed by atoms with van der Waals surface area (Å²) in [4.78, 5) is 10.3. The fourth-order valence-electron chi connectivity index (χ4n) is 1.66. The number of hydrogen-bond acceptors (Lipinski definition) is 5. The van der Waals surface area contributed by atoms with E-state index in [2.05, 4.69) is 5.32 Å². The third kappa shape index (κ3) is 2.66. The summed E-state index contributed by atoms with van der Waals surface area (Å²) in [6.07, 6.45) is -1.17. The van der Waals surface area contributed by atoms with Gasteiger partial charge in [-0.25, -0.2) is 0 Å². The largest absolute Gasteiger partial charge is 0.479 e. The molecule has 0 spiro atoms. The summed E-state index contributed by atoms with van der Waals surface area (Å²) in [6, 6.07) is 4.09. The summed E-state index contributed by atoms with van der Waals surface area (Å²) in [5, 5.41) is 23.6. The highest BCUT2D eigenvalue weighted by atomic mass is 35.5. The van der Waals surface area contributed by atoms with Gasteiger partial charge in [-0.1, -0.05) is 11.6 Å². The van der Waals surface area contributed by atoms with E-state index >= 15 is 0 Å². The predicted octanol–water partition coefficient (Wildman–Crippen LogP) is 0.960. The highest BCUT2D eigenvalue weighted by Gasteiger charge is 2.29. The molecule has 1 aliphatic heterocycles. The molecule has 1 aliphatic rings. The molecule has 1 heterocycles. The van der Waals surface area contributed by atoms with E-state index < -0.39 is 17.1 Å². The van der Waals surface area contributed by atoms with Gasteiger partial charge in [-0.3, -0.25) is 10.1 Å². The second-order valence-corrected chi connectivity index (χ2v) is 4.19. The van der Waals surface area contributed by atoms with Crippen LogP contribution in [0.4, 0.5) is 5.69 Å². The summed E-state index contributed by atoms with van der Waals surface area (Å²) in [5.74, 6) is 0.0789. The molecule has 0 radical (unpaired) electrons. The van der Waals surface area contributed by atoms with Crippen molar-refractivity contribution in [2.24, 2.45) is 0 Å². The number of rotatable bonds is 3. The van der Waals surface area contributed by atoms with Gasteiger partial charge < -0.3 is 15.2 Å². The fraction of sp³-hybridized carbons (Fsp3) is 0.400. The zero-order chi connectivity index (χ0) is 12.4. The predicted molar refractivity (Wildman–Crippen MR) is 61.4 cm³/mol. The van der Waals surface area contributed by atoms with Crippen LogP contribution in [-0.4, -0.2) is 35.3 Å². The van der Waals surface area contributed by atoms with Crippen molar-refractivity contribution in [1.82, 2.24) is 5.32 Å². The Morgan fingerprint density at radius 3 is 2.88 bits per heavy atom. The van der Waals surface area contributed by atoms with Gasteiger partial charge in [0.25, 0.3) is 0 Å². The molecule has 6 nitrogen and oxygen atoms in total. The van der Waals surface area contributed by atoms with Crippen LogP contribution in [0.15, 0.2) is 18.2 Å². The quantitative estimate of drug-likeness (QED) is 0.623. The lowest BCUT2D eigenvalue weighted by atomic mass is 10.2. The third-order valence-electron chi connectivity index (χ3n) is 2.53. The molecule has 92 valence electrons. The molecular weight excluding hydrogens is 248 g/mol. The van der Waals surface area contributed by atoms with Crippen molar-refractivity contribution < 1.29 is 14.8 Å². The van der Waals surface area contributed by atoms with Gasteiger partial charge in [0.05, 0.1) is 4.92 Å². The van der Waals surface area contributed by atoms with Gasteiger partial charge in [-0.05, 0) is 6.07 Å². The highest BCUT2D eigenvalue weighted by Crippen LogP contribution is 2.31. The minimum absolute atomic E-state index is 0.0789. The lowest BCUT2D eigenvalue weighted by molar-refractivity contribution is -0.386. The van der Waals surface area contributed by atoms with Crippen molar-refractivity contribution in [2.45, 2.75) is 12.2 Å². The van der Waals surface area contributed by atoms with Crippen LogP contribution >= 0.6 is 11.6 Å². The van der Waals surface area contributed by atoms with Gasteiger partial charge >= 0.3 is 5.69 Å². The van der Waals surface area contributed by atoms with Gasteiger partial charge in [0, 0.05) is 30.2 Å².